The molecule has 0 atom stereocenters. The topological polar surface area (TPSA) is 34.1 Å². The molecular formula is C14H17F3N2OS. The molecule has 0 spiro atoms. The number of benzene rings is 1. The molecule has 0 bridgehead atoms. The van der Waals surface area contributed by atoms with Gasteiger partial charge in [0.1, 0.15) is 0 Å². The van der Waals surface area contributed by atoms with Crippen LogP contribution in [-0.2, 0) is 10.9 Å². The van der Waals surface area contributed by atoms with Crippen LogP contribution in [0.3, 0.4) is 0 Å². The fraction of sp³-hybridized carbons (Fsp3) is 0.500. The number of halogens is 3. The molecule has 0 radical (unpaired) electrons. The number of nitrogens with one attached hydrogen (secondary N) is 1. The third-order valence-electron chi connectivity index (χ3n) is 2.92. The van der Waals surface area contributed by atoms with Crippen LogP contribution >= 0.6 is 11.3 Å². The lowest BCUT2D eigenvalue weighted by molar-refractivity contribution is -0.137. The molecule has 0 saturated heterocycles. The average Bonchev–Trinajstić information content (AvgIpc) is 2.77. The highest BCUT2D eigenvalue weighted by molar-refractivity contribution is 7.22. The molecule has 0 fully saturated rings. The minimum atomic E-state index is -4.34. The summed E-state index contributed by atoms with van der Waals surface area (Å²) in [6.45, 7) is 6.94. The van der Waals surface area contributed by atoms with Crippen LogP contribution < -0.4 is 5.32 Å². The molecule has 1 heterocycles. The van der Waals surface area contributed by atoms with Crippen LogP contribution in [-0.4, -0.2) is 23.7 Å². The minimum absolute atomic E-state index is 0.353. The van der Waals surface area contributed by atoms with Crippen molar-refractivity contribution in [2.24, 2.45) is 0 Å². The van der Waals surface area contributed by atoms with Crippen LogP contribution in [0.25, 0.3) is 10.2 Å². The van der Waals surface area contributed by atoms with Crippen molar-refractivity contribution in [3.63, 3.8) is 0 Å². The maximum absolute atomic E-state index is 12.7. The lowest BCUT2D eigenvalue weighted by Crippen LogP contribution is -2.33. The van der Waals surface area contributed by atoms with Gasteiger partial charge in [-0.05, 0) is 39.0 Å². The molecule has 3 nitrogen and oxygen atoms in total. The van der Waals surface area contributed by atoms with Gasteiger partial charge in [-0.25, -0.2) is 4.98 Å². The number of fused-ring (bicyclic) bond motifs is 1. The van der Waals surface area contributed by atoms with E-state index in [4.69, 9.17) is 4.74 Å². The maximum Gasteiger partial charge on any atom is 0.416 e. The molecule has 0 saturated carbocycles. The van der Waals surface area contributed by atoms with Gasteiger partial charge in [-0.3, -0.25) is 0 Å². The fourth-order valence-electron chi connectivity index (χ4n) is 1.91. The maximum atomic E-state index is 12.7. The van der Waals surface area contributed by atoms with Crippen molar-refractivity contribution < 1.29 is 17.9 Å². The van der Waals surface area contributed by atoms with Crippen molar-refractivity contribution in [2.45, 2.75) is 32.5 Å². The number of anilines is 1. The first-order chi connectivity index (χ1) is 9.71. The SMILES string of the molecule is CCOC(C)(C)CNc1nc2cc(C(F)(F)F)ccc2s1. The Morgan fingerprint density at radius 2 is 2.00 bits per heavy atom. The van der Waals surface area contributed by atoms with Gasteiger partial charge in [0.15, 0.2) is 5.13 Å². The van der Waals surface area contributed by atoms with Crippen LogP contribution in [0.15, 0.2) is 18.2 Å². The van der Waals surface area contributed by atoms with Gasteiger partial charge in [0.2, 0.25) is 0 Å². The Labute approximate surface area is 125 Å². The van der Waals surface area contributed by atoms with E-state index in [0.717, 1.165) is 16.8 Å². The highest BCUT2D eigenvalue weighted by Gasteiger charge is 2.30. The molecule has 0 amide bonds. The summed E-state index contributed by atoms with van der Waals surface area (Å²) >= 11 is 1.33. The normalized spacial score (nSPS) is 12.9. The molecular weight excluding hydrogens is 301 g/mol. The lowest BCUT2D eigenvalue weighted by Gasteiger charge is -2.24. The zero-order valence-electron chi connectivity index (χ0n) is 12.0. The second kappa shape index (κ2) is 5.81. The number of alkyl halides is 3. The van der Waals surface area contributed by atoms with Crippen molar-refractivity contribution in [3.05, 3.63) is 23.8 Å². The number of hydrogen-bond donors (Lipinski definition) is 1. The first kappa shape index (κ1) is 16.0. The Bertz CT molecular complexity index is 622. The summed E-state index contributed by atoms with van der Waals surface area (Å²) in [4.78, 5) is 4.20. The van der Waals surface area contributed by atoms with Gasteiger partial charge in [-0.15, -0.1) is 0 Å². The Hall–Kier alpha value is -1.34. The van der Waals surface area contributed by atoms with E-state index in [-0.39, 0.29) is 5.60 Å². The summed E-state index contributed by atoms with van der Waals surface area (Å²) < 4.78 is 44.2. The van der Waals surface area contributed by atoms with Crippen molar-refractivity contribution in [1.29, 1.82) is 0 Å². The zero-order valence-corrected chi connectivity index (χ0v) is 12.9. The van der Waals surface area contributed by atoms with Gasteiger partial charge in [-0.1, -0.05) is 11.3 Å². The van der Waals surface area contributed by atoms with Crippen LogP contribution in [0.2, 0.25) is 0 Å². The molecule has 2 aromatic rings. The summed E-state index contributed by atoms with van der Waals surface area (Å²) in [5, 5.41) is 3.71. The Balaban J connectivity index is 2.16. The highest BCUT2D eigenvalue weighted by Crippen LogP contribution is 2.34. The molecule has 1 aromatic carbocycles. The third-order valence-corrected chi connectivity index (χ3v) is 3.91. The largest absolute Gasteiger partial charge is 0.416 e. The number of thiazole rings is 1. The fourth-order valence-corrected chi connectivity index (χ4v) is 2.75. The van der Waals surface area contributed by atoms with E-state index >= 15 is 0 Å². The van der Waals surface area contributed by atoms with E-state index in [1.165, 1.54) is 17.4 Å². The summed E-state index contributed by atoms with van der Waals surface area (Å²) in [5.74, 6) is 0. The van der Waals surface area contributed by atoms with Gasteiger partial charge in [0, 0.05) is 13.2 Å². The average molecular weight is 318 g/mol. The highest BCUT2D eigenvalue weighted by atomic mass is 32.1. The van der Waals surface area contributed by atoms with Crippen molar-refractivity contribution in [1.82, 2.24) is 4.98 Å². The Morgan fingerprint density at radius 3 is 2.62 bits per heavy atom. The van der Waals surface area contributed by atoms with Crippen molar-refractivity contribution in [3.8, 4) is 0 Å². The van der Waals surface area contributed by atoms with Crippen LogP contribution in [0.4, 0.5) is 18.3 Å². The third kappa shape index (κ3) is 4.07. The lowest BCUT2D eigenvalue weighted by atomic mass is 10.1. The van der Waals surface area contributed by atoms with E-state index < -0.39 is 11.7 Å². The molecule has 0 aliphatic heterocycles. The zero-order chi connectivity index (χ0) is 15.7. The van der Waals surface area contributed by atoms with Gasteiger partial charge in [-0.2, -0.15) is 13.2 Å². The molecule has 0 aliphatic rings. The number of nitrogens with zero attached hydrogens (tertiary/aromatic N) is 1. The Kier molecular flexibility index (Phi) is 4.43. The molecule has 1 N–H and O–H groups in total. The van der Waals surface area contributed by atoms with Crippen LogP contribution in [0.1, 0.15) is 26.3 Å². The molecule has 2 rings (SSSR count). The molecule has 116 valence electrons. The second-order valence-corrected chi connectivity index (χ2v) is 6.28. The molecule has 1 aromatic heterocycles. The van der Waals surface area contributed by atoms with E-state index in [1.807, 2.05) is 20.8 Å². The van der Waals surface area contributed by atoms with E-state index in [0.29, 0.717) is 23.8 Å². The summed E-state index contributed by atoms with van der Waals surface area (Å²) in [5.41, 5.74) is -0.683. The number of ether oxygens (including phenoxy) is 1. The smallest absolute Gasteiger partial charge is 0.374 e. The van der Waals surface area contributed by atoms with E-state index in [2.05, 4.69) is 10.3 Å². The van der Waals surface area contributed by atoms with Crippen LogP contribution in [0, 0.1) is 0 Å². The predicted octanol–water partition coefficient (Wildman–Crippen LogP) is 4.54. The van der Waals surface area contributed by atoms with Gasteiger partial charge in [0.05, 0.1) is 21.4 Å². The first-order valence-electron chi connectivity index (χ1n) is 6.57. The number of rotatable bonds is 5. The minimum Gasteiger partial charge on any atom is -0.374 e. The standard InChI is InChI=1S/C14H17F3N2OS/c1-4-20-13(2,3)8-18-12-19-10-7-9(14(15,16)17)5-6-11(10)21-12/h5-7H,4,8H2,1-3H3,(H,18,19). The summed E-state index contributed by atoms with van der Waals surface area (Å²) in [6.07, 6.45) is -4.34. The van der Waals surface area contributed by atoms with Crippen molar-refractivity contribution in [2.75, 3.05) is 18.5 Å². The number of aromatic nitrogens is 1. The summed E-state index contributed by atoms with van der Waals surface area (Å²) in [6, 6.07) is 3.60. The van der Waals surface area contributed by atoms with Gasteiger partial charge < -0.3 is 10.1 Å². The van der Waals surface area contributed by atoms with Gasteiger partial charge in [0.25, 0.3) is 0 Å². The second-order valence-electron chi connectivity index (χ2n) is 5.25. The van der Waals surface area contributed by atoms with Crippen molar-refractivity contribution >= 4 is 26.7 Å². The molecule has 21 heavy (non-hydrogen) atoms. The van der Waals surface area contributed by atoms with Gasteiger partial charge >= 0.3 is 6.18 Å². The quantitative estimate of drug-likeness (QED) is 0.878. The first-order valence-corrected chi connectivity index (χ1v) is 7.38. The molecule has 7 heteroatoms. The molecule has 0 aliphatic carbocycles. The molecule has 0 unspecified atom stereocenters. The summed E-state index contributed by atoms with van der Waals surface area (Å²) in [7, 11) is 0. The van der Waals surface area contributed by atoms with E-state index in [9.17, 15) is 13.2 Å². The van der Waals surface area contributed by atoms with Crippen LogP contribution in [0.5, 0.6) is 0 Å². The van der Waals surface area contributed by atoms with E-state index in [1.54, 1.807) is 0 Å². The Morgan fingerprint density at radius 1 is 1.29 bits per heavy atom. The predicted molar refractivity (Wildman–Crippen MR) is 78.8 cm³/mol. The number of hydrogen-bond acceptors (Lipinski definition) is 4. The monoisotopic (exact) mass is 318 g/mol.